The second-order valence-corrected chi connectivity index (χ2v) is 3.87. The summed E-state index contributed by atoms with van der Waals surface area (Å²) < 4.78 is 10.4. The van der Waals surface area contributed by atoms with Crippen molar-refractivity contribution in [1.82, 2.24) is 4.90 Å². The number of rotatable bonds is 4. The van der Waals surface area contributed by atoms with Crippen molar-refractivity contribution < 1.29 is 14.3 Å². The van der Waals surface area contributed by atoms with Crippen molar-refractivity contribution in [3.05, 3.63) is 0 Å². The third kappa shape index (κ3) is 4.25. The summed E-state index contributed by atoms with van der Waals surface area (Å²) in [5.41, 5.74) is 5.51. The lowest BCUT2D eigenvalue weighted by Gasteiger charge is -2.33. The van der Waals surface area contributed by atoms with Crippen LogP contribution in [0.5, 0.6) is 0 Å². The van der Waals surface area contributed by atoms with Gasteiger partial charge in [-0.3, -0.25) is 4.79 Å². The van der Waals surface area contributed by atoms with Crippen LogP contribution in [0.25, 0.3) is 0 Å². The number of hydrogen-bond donors (Lipinski definition) is 1. The minimum absolute atomic E-state index is 0. The zero-order valence-electron chi connectivity index (χ0n) is 9.85. The van der Waals surface area contributed by atoms with Crippen LogP contribution in [0.4, 0.5) is 0 Å². The molecule has 0 bridgehead atoms. The number of nitrogens with zero attached hydrogens (tertiary/aromatic N) is 1. The molecule has 0 aromatic heterocycles. The van der Waals surface area contributed by atoms with Gasteiger partial charge in [-0.1, -0.05) is 6.92 Å². The van der Waals surface area contributed by atoms with Crippen LogP contribution in [-0.2, 0) is 14.3 Å². The Hall–Kier alpha value is -0.360. The van der Waals surface area contributed by atoms with E-state index in [2.05, 4.69) is 0 Å². The highest BCUT2D eigenvalue weighted by Crippen LogP contribution is 2.09. The van der Waals surface area contributed by atoms with E-state index in [1.807, 2.05) is 11.8 Å². The van der Waals surface area contributed by atoms with Crippen molar-refractivity contribution in [3.63, 3.8) is 0 Å². The lowest BCUT2D eigenvalue weighted by molar-refractivity contribution is -0.143. The van der Waals surface area contributed by atoms with Gasteiger partial charge < -0.3 is 20.1 Å². The number of ether oxygens (including phenoxy) is 2. The minimum Gasteiger partial charge on any atom is -0.384 e. The molecule has 96 valence electrons. The SMILES string of the molecule is COCC(C)C(=O)N1CCOC(CN)C1.Cl. The number of hydrogen-bond acceptors (Lipinski definition) is 4. The van der Waals surface area contributed by atoms with Crippen LogP contribution in [0.2, 0.25) is 0 Å². The monoisotopic (exact) mass is 252 g/mol. The number of methoxy groups -OCH3 is 1. The molecule has 1 rings (SSSR count). The van der Waals surface area contributed by atoms with E-state index in [0.29, 0.717) is 32.8 Å². The smallest absolute Gasteiger partial charge is 0.227 e. The largest absolute Gasteiger partial charge is 0.384 e. The Balaban J connectivity index is 0.00000225. The van der Waals surface area contributed by atoms with Crippen LogP contribution in [0.1, 0.15) is 6.92 Å². The highest BCUT2D eigenvalue weighted by Gasteiger charge is 2.26. The van der Waals surface area contributed by atoms with Crippen LogP contribution >= 0.6 is 12.4 Å². The first-order valence-electron chi connectivity index (χ1n) is 5.28. The Morgan fingerprint density at radius 3 is 2.94 bits per heavy atom. The number of carbonyl (C=O) groups is 1. The fourth-order valence-corrected chi connectivity index (χ4v) is 1.70. The molecule has 0 aromatic carbocycles. The summed E-state index contributed by atoms with van der Waals surface area (Å²) in [7, 11) is 1.60. The molecule has 2 N–H and O–H groups in total. The average Bonchev–Trinajstić information content (AvgIpc) is 2.28. The van der Waals surface area contributed by atoms with Gasteiger partial charge in [-0.05, 0) is 0 Å². The van der Waals surface area contributed by atoms with Crippen molar-refractivity contribution in [1.29, 1.82) is 0 Å². The standard InChI is InChI=1S/C10H20N2O3.ClH/c1-8(7-14-2)10(13)12-3-4-15-9(5-11)6-12;/h8-9H,3-7,11H2,1-2H3;1H. The Labute approximate surface area is 103 Å². The van der Waals surface area contributed by atoms with E-state index in [4.69, 9.17) is 15.2 Å². The van der Waals surface area contributed by atoms with Gasteiger partial charge in [-0.15, -0.1) is 12.4 Å². The molecule has 16 heavy (non-hydrogen) atoms. The third-order valence-electron chi connectivity index (χ3n) is 2.55. The molecule has 1 aliphatic rings. The number of carbonyl (C=O) groups excluding carboxylic acids is 1. The first-order chi connectivity index (χ1) is 7.19. The molecule has 1 aliphatic heterocycles. The normalized spacial score (nSPS) is 22.4. The van der Waals surface area contributed by atoms with Crippen molar-refractivity contribution in [3.8, 4) is 0 Å². The zero-order chi connectivity index (χ0) is 11.3. The second kappa shape index (κ2) is 7.84. The molecule has 1 heterocycles. The molecule has 1 fully saturated rings. The fourth-order valence-electron chi connectivity index (χ4n) is 1.70. The van der Waals surface area contributed by atoms with Gasteiger partial charge in [0.15, 0.2) is 0 Å². The van der Waals surface area contributed by atoms with Crippen LogP contribution in [0.3, 0.4) is 0 Å². The highest BCUT2D eigenvalue weighted by atomic mass is 35.5. The molecule has 1 saturated heterocycles. The first kappa shape index (κ1) is 15.6. The van der Waals surface area contributed by atoms with Gasteiger partial charge >= 0.3 is 0 Å². The van der Waals surface area contributed by atoms with Gasteiger partial charge in [0.05, 0.1) is 25.2 Å². The van der Waals surface area contributed by atoms with Gasteiger partial charge in [-0.2, -0.15) is 0 Å². The van der Waals surface area contributed by atoms with E-state index in [-0.39, 0.29) is 30.3 Å². The molecular weight excluding hydrogens is 232 g/mol. The molecule has 0 aromatic rings. The maximum atomic E-state index is 11.9. The maximum Gasteiger partial charge on any atom is 0.227 e. The van der Waals surface area contributed by atoms with Crippen LogP contribution < -0.4 is 5.73 Å². The molecule has 0 saturated carbocycles. The molecule has 5 nitrogen and oxygen atoms in total. The second-order valence-electron chi connectivity index (χ2n) is 3.87. The molecule has 0 spiro atoms. The quantitative estimate of drug-likeness (QED) is 0.758. The molecule has 0 radical (unpaired) electrons. The Morgan fingerprint density at radius 2 is 2.38 bits per heavy atom. The van der Waals surface area contributed by atoms with Gasteiger partial charge in [0, 0.05) is 26.7 Å². The number of halogens is 1. The molecule has 2 unspecified atom stereocenters. The van der Waals surface area contributed by atoms with Gasteiger partial charge in [0.1, 0.15) is 0 Å². The molecule has 6 heteroatoms. The Morgan fingerprint density at radius 1 is 1.69 bits per heavy atom. The van der Waals surface area contributed by atoms with Gasteiger partial charge in [0.25, 0.3) is 0 Å². The van der Waals surface area contributed by atoms with Crippen molar-refractivity contribution in [2.45, 2.75) is 13.0 Å². The van der Waals surface area contributed by atoms with Gasteiger partial charge in [0.2, 0.25) is 5.91 Å². The molecule has 0 aliphatic carbocycles. The van der Waals surface area contributed by atoms with Crippen LogP contribution in [-0.4, -0.2) is 56.9 Å². The Bertz CT molecular complexity index is 216. The summed E-state index contributed by atoms with van der Waals surface area (Å²) in [5, 5.41) is 0. The van der Waals surface area contributed by atoms with Crippen LogP contribution in [0.15, 0.2) is 0 Å². The fraction of sp³-hybridized carbons (Fsp3) is 0.900. The van der Waals surface area contributed by atoms with Gasteiger partial charge in [-0.25, -0.2) is 0 Å². The molecule has 1 amide bonds. The van der Waals surface area contributed by atoms with Crippen molar-refractivity contribution >= 4 is 18.3 Å². The first-order valence-corrected chi connectivity index (χ1v) is 5.28. The summed E-state index contributed by atoms with van der Waals surface area (Å²) >= 11 is 0. The lowest BCUT2D eigenvalue weighted by Crippen LogP contribution is -2.50. The topological polar surface area (TPSA) is 64.8 Å². The maximum absolute atomic E-state index is 11.9. The summed E-state index contributed by atoms with van der Waals surface area (Å²) in [6.07, 6.45) is -0.0163. The van der Waals surface area contributed by atoms with E-state index >= 15 is 0 Å². The Kier molecular flexibility index (Phi) is 7.66. The van der Waals surface area contributed by atoms with Crippen molar-refractivity contribution in [2.75, 3.05) is 40.0 Å². The minimum atomic E-state index is -0.0912. The summed E-state index contributed by atoms with van der Waals surface area (Å²) in [5.74, 6) is 0.0325. The predicted octanol–water partition coefficient (Wildman–Crippen LogP) is -0.123. The van der Waals surface area contributed by atoms with E-state index < -0.39 is 0 Å². The predicted molar refractivity (Wildman–Crippen MR) is 63.7 cm³/mol. The number of amides is 1. The summed E-state index contributed by atoms with van der Waals surface area (Å²) in [6, 6.07) is 0. The molecular formula is C10H21ClN2O3. The van der Waals surface area contributed by atoms with E-state index in [9.17, 15) is 4.79 Å². The van der Waals surface area contributed by atoms with E-state index in [1.54, 1.807) is 7.11 Å². The lowest BCUT2D eigenvalue weighted by atomic mass is 10.1. The average molecular weight is 253 g/mol. The van der Waals surface area contributed by atoms with E-state index in [0.717, 1.165) is 0 Å². The third-order valence-corrected chi connectivity index (χ3v) is 2.55. The van der Waals surface area contributed by atoms with Crippen molar-refractivity contribution in [2.24, 2.45) is 11.7 Å². The number of morpholine rings is 1. The van der Waals surface area contributed by atoms with Crippen LogP contribution in [0, 0.1) is 5.92 Å². The zero-order valence-corrected chi connectivity index (χ0v) is 10.7. The summed E-state index contributed by atoms with van der Waals surface area (Å²) in [4.78, 5) is 13.7. The molecule has 2 atom stereocenters. The summed E-state index contributed by atoms with van der Waals surface area (Å²) in [6.45, 7) is 4.63. The number of nitrogens with two attached hydrogens (primary N) is 1. The van der Waals surface area contributed by atoms with E-state index in [1.165, 1.54) is 0 Å². The highest BCUT2D eigenvalue weighted by molar-refractivity contribution is 5.85.